The molecule has 0 amide bonds. The number of aliphatic hydroxyl groups is 1. The maximum atomic E-state index is 9.85. The van der Waals surface area contributed by atoms with Crippen molar-refractivity contribution in [1.82, 2.24) is 15.1 Å². The second-order valence-corrected chi connectivity index (χ2v) is 8.25. The minimum Gasteiger partial charge on any atom is -0.419 e. The molecule has 0 aliphatic carbocycles. The van der Waals surface area contributed by atoms with E-state index in [1.807, 2.05) is 12.1 Å². The molecule has 0 aromatic carbocycles. The molecule has 2 aliphatic heterocycles. The van der Waals surface area contributed by atoms with E-state index in [4.69, 9.17) is 4.42 Å². The number of nitrogens with zero attached hydrogens (tertiary/aromatic N) is 3. The van der Waals surface area contributed by atoms with Crippen molar-refractivity contribution in [3.05, 3.63) is 21.8 Å². The molecule has 4 rings (SSSR count). The summed E-state index contributed by atoms with van der Waals surface area (Å²) in [5.74, 6) is 1.26. The van der Waals surface area contributed by atoms with Crippen LogP contribution < -0.4 is 0 Å². The Labute approximate surface area is 135 Å². The van der Waals surface area contributed by atoms with Crippen LogP contribution in [0.3, 0.4) is 0 Å². The summed E-state index contributed by atoms with van der Waals surface area (Å²) in [6.07, 6.45) is 3.94. The Balaban J connectivity index is 1.50. The van der Waals surface area contributed by atoms with Gasteiger partial charge in [-0.25, -0.2) is 0 Å². The fourth-order valence-corrected chi connectivity index (χ4v) is 4.81. The lowest BCUT2D eigenvalue weighted by Crippen LogP contribution is -2.44. The largest absolute Gasteiger partial charge is 0.419 e. The van der Waals surface area contributed by atoms with Crippen LogP contribution in [0.25, 0.3) is 10.8 Å². The molecule has 2 bridgehead atoms. The van der Waals surface area contributed by atoms with Crippen LogP contribution in [0.1, 0.15) is 31.6 Å². The summed E-state index contributed by atoms with van der Waals surface area (Å²) in [6.45, 7) is 0.696. The van der Waals surface area contributed by atoms with Crippen LogP contribution in [0.2, 0.25) is 0 Å². The van der Waals surface area contributed by atoms with E-state index in [-0.39, 0.29) is 6.10 Å². The van der Waals surface area contributed by atoms with Gasteiger partial charge in [-0.05, 0) is 53.7 Å². The molecule has 1 N–H and O–H groups in total. The van der Waals surface area contributed by atoms with Crippen molar-refractivity contribution in [1.29, 1.82) is 0 Å². The van der Waals surface area contributed by atoms with Gasteiger partial charge in [-0.3, -0.25) is 4.90 Å². The van der Waals surface area contributed by atoms with E-state index in [1.165, 1.54) is 12.8 Å². The summed E-state index contributed by atoms with van der Waals surface area (Å²) < 4.78 is 6.86. The second kappa shape index (κ2) is 5.46. The summed E-state index contributed by atoms with van der Waals surface area (Å²) in [4.78, 5) is 3.41. The normalized spacial score (nSPS) is 29.1. The van der Waals surface area contributed by atoms with Gasteiger partial charge in [-0.15, -0.1) is 21.5 Å². The first kappa shape index (κ1) is 13.9. The van der Waals surface area contributed by atoms with Gasteiger partial charge >= 0.3 is 0 Å². The van der Waals surface area contributed by atoms with Crippen molar-refractivity contribution < 1.29 is 9.52 Å². The predicted octanol–water partition coefficient (Wildman–Crippen LogP) is 3.05. The standard InChI is InChI=1S/C14H16BrN3O2S/c15-12-4-3-11(21-12)14-17-16-13(20-14)7-18-8-1-2-9(18)6-10(19)5-8/h3-4,8-10,19H,1-2,5-7H2. The summed E-state index contributed by atoms with van der Waals surface area (Å²) in [5, 5.41) is 18.2. The molecule has 2 atom stereocenters. The van der Waals surface area contributed by atoms with Gasteiger partial charge in [-0.2, -0.15) is 0 Å². The van der Waals surface area contributed by atoms with Crippen molar-refractivity contribution in [2.45, 2.75) is 50.4 Å². The molecule has 2 aromatic heterocycles. The number of rotatable bonds is 3. The lowest BCUT2D eigenvalue weighted by Gasteiger charge is -2.36. The van der Waals surface area contributed by atoms with Gasteiger partial charge in [0.15, 0.2) is 0 Å². The van der Waals surface area contributed by atoms with Crippen LogP contribution in [0.4, 0.5) is 0 Å². The summed E-state index contributed by atoms with van der Waals surface area (Å²) >= 11 is 5.03. The van der Waals surface area contributed by atoms with Gasteiger partial charge in [0.25, 0.3) is 5.89 Å². The molecular weight excluding hydrogens is 354 g/mol. The molecule has 2 aromatic rings. The predicted molar refractivity (Wildman–Crippen MR) is 82.9 cm³/mol. The molecule has 2 aliphatic rings. The zero-order chi connectivity index (χ0) is 14.4. The zero-order valence-corrected chi connectivity index (χ0v) is 13.8. The van der Waals surface area contributed by atoms with E-state index in [2.05, 4.69) is 31.0 Å². The van der Waals surface area contributed by atoms with Crippen molar-refractivity contribution in [2.75, 3.05) is 0 Å². The molecule has 112 valence electrons. The van der Waals surface area contributed by atoms with E-state index in [1.54, 1.807) is 11.3 Å². The minimum absolute atomic E-state index is 0.138. The Morgan fingerprint density at radius 2 is 2.05 bits per heavy atom. The average molecular weight is 370 g/mol. The summed E-state index contributed by atoms with van der Waals surface area (Å²) in [5.41, 5.74) is 0. The molecule has 0 radical (unpaired) electrons. The fourth-order valence-electron chi connectivity index (χ4n) is 3.51. The molecule has 2 fully saturated rings. The van der Waals surface area contributed by atoms with Crippen molar-refractivity contribution in [3.8, 4) is 10.8 Å². The summed E-state index contributed by atoms with van der Waals surface area (Å²) in [7, 11) is 0. The number of hydrogen-bond donors (Lipinski definition) is 1. The van der Waals surface area contributed by atoms with Gasteiger partial charge in [0.05, 0.1) is 21.3 Å². The van der Waals surface area contributed by atoms with Gasteiger partial charge in [0, 0.05) is 12.1 Å². The van der Waals surface area contributed by atoms with Gasteiger partial charge < -0.3 is 9.52 Å². The lowest BCUT2D eigenvalue weighted by molar-refractivity contribution is 0.0267. The van der Waals surface area contributed by atoms with Crippen molar-refractivity contribution in [2.24, 2.45) is 0 Å². The molecule has 0 spiro atoms. The van der Waals surface area contributed by atoms with Gasteiger partial charge in [-0.1, -0.05) is 0 Å². The van der Waals surface area contributed by atoms with Crippen LogP contribution in [-0.4, -0.2) is 38.4 Å². The number of fused-ring (bicyclic) bond motifs is 2. The van der Waals surface area contributed by atoms with Crippen LogP contribution in [0.15, 0.2) is 20.3 Å². The monoisotopic (exact) mass is 369 g/mol. The maximum Gasteiger partial charge on any atom is 0.257 e. The third kappa shape index (κ3) is 2.67. The molecular formula is C14H16BrN3O2S. The summed E-state index contributed by atoms with van der Waals surface area (Å²) in [6, 6.07) is 4.89. The Kier molecular flexibility index (Phi) is 3.61. The van der Waals surface area contributed by atoms with E-state index in [9.17, 15) is 5.11 Å². The Morgan fingerprint density at radius 1 is 1.29 bits per heavy atom. The molecule has 7 heteroatoms. The average Bonchev–Trinajstić information content (AvgIpc) is 3.12. The Bertz CT molecular complexity index is 630. The van der Waals surface area contributed by atoms with Crippen molar-refractivity contribution >= 4 is 27.3 Å². The smallest absolute Gasteiger partial charge is 0.257 e. The maximum absolute atomic E-state index is 9.85. The number of piperidine rings is 1. The fraction of sp³-hybridized carbons (Fsp3) is 0.571. The number of aromatic nitrogens is 2. The third-order valence-electron chi connectivity index (χ3n) is 4.43. The van der Waals surface area contributed by atoms with E-state index in [0.717, 1.165) is 21.5 Å². The first-order valence-corrected chi connectivity index (χ1v) is 8.82. The molecule has 5 nitrogen and oxygen atoms in total. The zero-order valence-electron chi connectivity index (χ0n) is 11.4. The molecule has 2 unspecified atom stereocenters. The van der Waals surface area contributed by atoms with Crippen LogP contribution in [0.5, 0.6) is 0 Å². The van der Waals surface area contributed by atoms with Crippen molar-refractivity contribution in [3.63, 3.8) is 0 Å². The van der Waals surface area contributed by atoms with E-state index >= 15 is 0 Å². The van der Waals surface area contributed by atoms with Crippen LogP contribution in [-0.2, 0) is 6.54 Å². The number of thiophene rings is 1. The van der Waals surface area contributed by atoms with Gasteiger partial charge in [0.1, 0.15) is 0 Å². The third-order valence-corrected chi connectivity index (χ3v) is 6.04. The first-order valence-electron chi connectivity index (χ1n) is 7.21. The van der Waals surface area contributed by atoms with Crippen LogP contribution in [0, 0.1) is 0 Å². The first-order chi connectivity index (χ1) is 10.2. The van der Waals surface area contributed by atoms with Gasteiger partial charge in [0.2, 0.25) is 5.89 Å². The SMILES string of the molecule is OC1CC2CCC(C1)N2Cc1nnc(-c2ccc(Br)s2)o1. The van der Waals surface area contributed by atoms with Crippen LogP contribution >= 0.6 is 27.3 Å². The molecule has 21 heavy (non-hydrogen) atoms. The van der Waals surface area contributed by atoms with E-state index in [0.29, 0.717) is 30.4 Å². The molecule has 4 heterocycles. The molecule has 2 saturated heterocycles. The highest BCUT2D eigenvalue weighted by molar-refractivity contribution is 9.11. The second-order valence-electron chi connectivity index (χ2n) is 5.79. The Morgan fingerprint density at radius 3 is 2.71 bits per heavy atom. The van der Waals surface area contributed by atoms with E-state index < -0.39 is 0 Å². The quantitative estimate of drug-likeness (QED) is 0.900. The number of hydrogen-bond acceptors (Lipinski definition) is 6. The minimum atomic E-state index is -0.138. The topological polar surface area (TPSA) is 62.4 Å². The Hall–Kier alpha value is -0.760. The number of aliphatic hydroxyl groups excluding tert-OH is 1. The number of halogens is 1. The highest BCUT2D eigenvalue weighted by Gasteiger charge is 2.40. The molecule has 0 saturated carbocycles. The highest BCUT2D eigenvalue weighted by Crippen LogP contribution is 2.37. The highest BCUT2D eigenvalue weighted by atomic mass is 79.9. The lowest BCUT2D eigenvalue weighted by atomic mass is 10.00.